The van der Waals surface area contributed by atoms with Crippen LogP contribution in [0.1, 0.15) is 58.4 Å². The molecule has 0 spiro atoms. The molecule has 18 heavy (non-hydrogen) atoms. The van der Waals surface area contributed by atoms with Crippen molar-refractivity contribution in [2.45, 2.75) is 70.6 Å². The second-order valence-electron chi connectivity index (χ2n) is 2.79. The Hall–Kier alpha value is -0.160. The van der Waals surface area contributed by atoms with Crippen molar-refractivity contribution in [3.63, 3.8) is 0 Å². The van der Waals surface area contributed by atoms with Gasteiger partial charge in [0, 0.05) is 0 Å². The van der Waals surface area contributed by atoms with Crippen molar-refractivity contribution >= 4 is 0 Å². The third kappa shape index (κ3) is 36.0. The van der Waals surface area contributed by atoms with Gasteiger partial charge in [0.2, 0.25) is 0 Å². The molecule has 2 unspecified atom stereocenters. The van der Waals surface area contributed by atoms with Gasteiger partial charge >= 0.3 is 0 Å². The van der Waals surface area contributed by atoms with Gasteiger partial charge in [-0.2, -0.15) is 0 Å². The minimum atomic E-state index is -0.430. The molecule has 2 N–H and O–H groups in total. The van der Waals surface area contributed by atoms with Gasteiger partial charge in [0.1, 0.15) is 0 Å². The number of aliphatic hydroxyl groups is 2. The summed E-state index contributed by atoms with van der Waals surface area (Å²) in [6, 6.07) is 0. The van der Waals surface area contributed by atoms with Crippen molar-refractivity contribution in [2.24, 2.45) is 0 Å². The van der Waals surface area contributed by atoms with E-state index in [2.05, 4.69) is 0 Å². The van der Waals surface area contributed by atoms with Gasteiger partial charge in [0.05, 0.1) is 38.6 Å². The molecule has 0 amide bonds. The van der Waals surface area contributed by atoms with Gasteiger partial charge in [-0.1, -0.05) is 44.6 Å². The molecule has 2 atom stereocenters. The van der Waals surface area contributed by atoms with Crippen LogP contribution in [0.5, 0.6) is 0 Å². The molecule has 0 radical (unpaired) electrons. The van der Waals surface area contributed by atoms with Crippen LogP contribution in [0.25, 0.3) is 0 Å². The highest BCUT2D eigenvalue weighted by Crippen LogP contribution is 1.89. The molecule has 0 saturated carbocycles. The standard InChI is InChI=1S/C8H18O4.6CH4/c1-7(10)6-11-3-4-12-8(2)5-9;;;;;;/h7-10H,3-6H2,1-2H3;6*1H4. The van der Waals surface area contributed by atoms with Crippen molar-refractivity contribution in [1.82, 2.24) is 0 Å². The van der Waals surface area contributed by atoms with Crippen molar-refractivity contribution < 1.29 is 19.7 Å². The van der Waals surface area contributed by atoms with Crippen molar-refractivity contribution in [3.05, 3.63) is 0 Å². The van der Waals surface area contributed by atoms with Crippen LogP contribution in [0.2, 0.25) is 0 Å². The van der Waals surface area contributed by atoms with Gasteiger partial charge in [-0.25, -0.2) is 0 Å². The van der Waals surface area contributed by atoms with Gasteiger partial charge in [0.15, 0.2) is 0 Å². The number of hydrogen-bond donors (Lipinski definition) is 2. The number of hydrogen-bond acceptors (Lipinski definition) is 4. The molecule has 4 nitrogen and oxygen atoms in total. The summed E-state index contributed by atoms with van der Waals surface area (Å²) in [5, 5.41) is 17.4. The number of aliphatic hydroxyl groups excluding tert-OH is 2. The topological polar surface area (TPSA) is 58.9 Å². The van der Waals surface area contributed by atoms with Crippen LogP contribution in [0.15, 0.2) is 0 Å². The summed E-state index contributed by atoms with van der Waals surface area (Å²) in [4.78, 5) is 0. The van der Waals surface area contributed by atoms with Crippen LogP contribution in [0, 0.1) is 0 Å². The predicted molar refractivity (Wildman–Crippen MR) is 85.4 cm³/mol. The quantitative estimate of drug-likeness (QED) is 0.696. The van der Waals surface area contributed by atoms with Crippen LogP contribution in [0.4, 0.5) is 0 Å². The van der Waals surface area contributed by atoms with Crippen LogP contribution < -0.4 is 0 Å². The summed E-state index contributed by atoms with van der Waals surface area (Å²) in [5.74, 6) is 0. The van der Waals surface area contributed by atoms with Crippen molar-refractivity contribution in [3.8, 4) is 0 Å². The van der Waals surface area contributed by atoms with E-state index in [1.807, 2.05) is 0 Å². The Bertz CT molecular complexity index is 97.8. The first kappa shape index (κ1) is 43.1. The van der Waals surface area contributed by atoms with Crippen LogP contribution in [-0.4, -0.2) is 48.8 Å². The van der Waals surface area contributed by atoms with Gasteiger partial charge in [-0.15, -0.1) is 0 Å². The largest absolute Gasteiger partial charge is 0.394 e. The second kappa shape index (κ2) is 30.1. The Morgan fingerprint density at radius 3 is 1.67 bits per heavy atom. The van der Waals surface area contributed by atoms with Gasteiger partial charge in [0.25, 0.3) is 0 Å². The lowest BCUT2D eigenvalue weighted by Crippen LogP contribution is -2.18. The average molecular weight is 274 g/mol. The molecular weight excluding hydrogens is 232 g/mol. The van der Waals surface area contributed by atoms with E-state index in [-0.39, 0.29) is 57.3 Å². The molecule has 0 rings (SSSR count). The van der Waals surface area contributed by atoms with Gasteiger partial charge in [-0.3, -0.25) is 0 Å². The molecule has 0 saturated heterocycles. The summed E-state index contributed by atoms with van der Waals surface area (Å²) < 4.78 is 10.1. The molecule has 0 aromatic carbocycles. The summed E-state index contributed by atoms with van der Waals surface area (Å²) in [5.41, 5.74) is 0. The van der Waals surface area contributed by atoms with Crippen LogP contribution >= 0.6 is 0 Å². The Balaban J connectivity index is -0.0000000403. The van der Waals surface area contributed by atoms with E-state index in [9.17, 15) is 0 Å². The molecule has 0 aromatic heterocycles. The van der Waals surface area contributed by atoms with E-state index < -0.39 is 6.10 Å². The lowest BCUT2D eigenvalue weighted by atomic mass is 10.4. The van der Waals surface area contributed by atoms with E-state index in [1.165, 1.54) is 0 Å². The van der Waals surface area contributed by atoms with E-state index in [4.69, 9.17) is 19.7 Å². The van der Waals surface area contributed by atoms with Crippen LogP contribution in [0.3, 0.4) is 0 Å². The molecule has 0 aromatic rings. The molecule has 4 heteroatoms. The zero-order valence-electron chi connectivity index (χ0n) is 7.69. The fraction of sp³-hybridized carbons (Fsp3) is 1.00. The maximum atomic E-state index is 8.80. The average Bonchev–Trinajstić information content (AvgIpc) is 2.03. The SMILES string of the molecule is C.C.C.C.C.C.CC(O)COCCOC(C)CO. The second-order valence-corrected chi connectivity index (χ2v) is 2.79. The maximum absolute atomic E-state index is 8.80. The summed E-state index contributed by atoms with van der Waals surface area (Å²) in [6.07, 6.45) is -0.569. The van der Waals surface area contributed by atoms with Crippen LogP contribution in [-0.2, 0) is 9.47 Å². The highest BCUT2D eigenvalue weighted by atomic mass is 16.5. The molecule has 0 bridgehead atoms. The molecule has 122 valence electrons. The minimum absolute atomic E-state index is 0. The highest BCUT2D eigenvalue weighted by molar-refractivity contribution is 4.45. The molecule has 0 heterocycles. The fourth-order valence-corrected chi connectivity index (χ4v) is 0.615. The Labute approximate surface area is 117 Å². The summed E-state index contributed by atoms with van der Waals surface area (Å²) in [6.45, 7) is 4.71. The first-order chi connectivity index (χ1) is 5.66. The lowest BCUT2D eigenvalue weighted by Gasteiger charge is -2.10. The summed E-state index contributed by atoms with van der Waals surface area (Å²) in [7, 11) is 0. The number of ether oxygens (including phenoxy) is 2. The fourth-order valence-electron chi connectivity index (χ4n) is 0.615. The lowest BCUT2D eigenvalue weighted by molar-refractivity contribution is -0.0253. The van der Waals surface area contributed by atoms with E-state index in [0.717, 1.165) is 0 Å². The van der Waals surface area contributed by atoms with Gasteiger partial charge < -0.3 is 19.7 Å². The Morgan fingerprint density at radius 2 is 1.33 bits per heavy atom. The maximum Gasteiger partial charge on any atom is 0.0778 e. The number of rotatable bonds is 7. The van der Waals surface area contributed by atoms with E-state index in [0.29, 0.717) is 19.8 Å². The van der Waals surface area contributed by atoms with Crippen molar-refractivity contribution in [2.75, 3.05) is 26.4 Å². The first-order valence-corrected chi connectivity index (χ1v) is 4.15. The minimum Gasteiger partial charge on any atom is -0.394 e. The Morgan fingerprint density at radius 1 is 0.889 bits per heavy atom. The third-order valence-corrected chi connectivity index (χ3v) is 1.25. The molecule has 0 fully saturated rings. The Kier molecular flexibility index (Phi) is 72.1. The zero-order chi connectivity index (χ0) is 9.40. The van der Waals surface area contributed by atoms with E-state index in [1.54, 1.807) is 13.8 Å². The molecule has 0 aliphatic carbocycles. The molecular formula is C14H42O4. The normalized spacial score (nSPS) is 10.7. The smallest absolute Gasteiger partial charge is 0.0778 e. The van der Waals surface area contributed by atoms with Crippen molar-refractivity contribution in [1.29, 1.82) is 0 Å². The van der Waals surface area contributed by atoms with Gasteiger partial charge in [-0.05, 0) is 13.8 Å². The summed E-state index contributed by atoms with van der Waals surface area (Å²) >= 11 is 0. The molecule has 0 aliphatic heterocycles. The predicted octanol–water partition coefficient (Wildman–Crippen LogP) is 3.60. The third-order valence-electron chi connectivity index (χ3n) is 1.25. The monoisotopic (exact) mass is 274 g/mol. The first-order valence-electron chi connectivity index (χ1n) is 4.15. The van der Waals surface area contributed by atoms with E-state index >= 15 is 0 Å². The molecule has 0 aliphatic rings. The highest BCUT2D eigenvalue weighted by Gasteiger charge is 1.99. The zero-order valence-corrected chi connectivity index (χ0v) is 7.69.